The largest absolute Gasteiger partial charge is 0.459 e. The number of esters is 1. The predicted molar refractivity (Wildman–Crippen MR) is 97.8 cm³/mol. The summed E-state index contributed by atoms with van der Waals surface area (Å²) in [7, 11) is 0. The number of hydrogen-bond donors (Lipinski definition) is 1. The molecule has 0 atom stereocenters. The molecule has 0 aliphatic carbocycles. The van der Waals surface area contributed by atoms with Crippen molar-refractivity contribution in [3.8, 4) is 0 Å². The lowest BCUT2D eigenvalue weighted by molar-refractivity contribution is -0.113. The molecule has 1 amide bonds. The van der Waals surface area contributed by atoms with Gasteiger partial charge in [-0.1, -0.05) is 11.6 Å². The second-order valence-corrected chi connectivity index (χ2v) is 6.81. The molecule has 2 aromatic carbocycles. The molecule has 0 bridgehead atoms. The van der Waals surface area contributed by atoms with E-state index in [9.17, 15) is 9.59 Å². The highest BCUT2D eigenvalue weighted by Gasteiger charge is 2.09. The van der Waals surface area contributed by atoms with Gasteiger partial charge in [-0.3, -0.25) is 4.79 Å². The zero-order valence-electron chi connectivity index (χ0n) is 13.4. The van der Waals surface area contributed by atoms with Crippen LogP contribution in [0.25, 0.3) is 0 Å². The van der Waals surface area contributed by atoms with Crippen molar-refractivity contribution in [3.05, 3.63) is 59.1 Å². The molecule has 0 fully saturated rings. The van der Waals surface area contributed by atoms with E-state index >= 15 is 0 Å². The topological polar surface area (TPSA) is 55.4 Å². The van der Waals surface area contributed by atoms with E-state index in [-0.39, 0.29) is 18.0 Å². The first kappa shape index (κ1) is 18.4. The van der Waals surface area contributed by atoms with Crippen molar-refractivity contribution in [1.29, 1.82) is 0 Å². The molecule has 0 aliphatic heterocycles. The van der Waals surface area contributed by atoms with Gasteiger partial charge in [-0.2, -0.15) is 0 Å². The molecule has 0 aliphatic rings. The van der Waals surface area contributed by atoms with Crippen molar-refractivity contribution in [1.82, 2.24) is 0 Å². The van der Waals surface area contributed by atoms with Gasteiger partial charge in [0.05, 0.1) is 17.4 Å². The van der Waals surface area contributed by atoms with Crippen LogP contribution in [0.1, 0.15) is 24.2 Å². The maximum Gasteiger partial charge on any atom is 0.338 e. The highest BCUT2D eigenvalue weighted by Crippen LogP contribution is 2.20. The second kappa shape index (κ2) is 8.76. The fraction of sp³-hybridized carbons (Fsp3) is 0.222. The van der Waals surface area contributed by atoms with Crippen LogP contribution in [0.3, 0.4) is 0 Å². The molecule has 0 radical (unpaired) electrons. The van der Waals surface area contributed by atoms with Gasteiger partial charge in [-0.05, 0) is 62.4 Å². The van der Waals surface area contributed by atoms with Crippen molar-refractivity contribution in [3.63, 3.8) is 0 Å². The Labute approximate surface area is 150 Å². The number of amides is 1. The standard InChI is InChI=1S/C18H18ClNO3S/c1-12(2)23-18(22)13-3-7-15(8-4-13)20-17(21)11-24-16-9-5-14(19)6-10-16/h3-10,12H,11H2,1-2H3,(H,20,21). The number of benzene rings is 2. The van der Waals surface area contributed by atoms with Gasteiger partial charge in [-0.15, -0.1) is 11.8 Å². The van der Waals surface area contributed by atoms with Gasteiger partial charge >= 0.3 is 5.97 Å². The van der Waals surface area contributed by atoms with Crippen LogP contribution in [0.5, 0.6) is 0 Å². The smallest absolute Gasteiger partial charge is 0.338 e. The lowest BCUT2D eigenvalue weighted by atomic mass is 10.2. The minimum atomic E-state index is -0.374. The van der Waals surface area contributed by atoms with Crippen LogP contribution in [-0.2, 0) is 9.53 Å². The Bertz CT molecular complexity index is 699. The fourth-order valence-corrected chi connectivity index (χ4v) is 2.67. The number of halogens is 1. The molecule has 24 heavy (non-hydrogen) atoms. The SMILES string of the molecule is CC(C)OC(=O)c1ccc(NC(=O)CSc2ccc(Cl)cc2)cc1. The highest BCUT2D eigenvalue weighted by atomic mass is 35.5. The lowest BCUT2D eigenvalue weighted by Crippen LogP contribution is -2.14. The van der Waals surface area contributed by atoms with Crippen LogP contribution < -0.4 is 5.32 Å². The van der Waals surface area contributed by atoms with E-state index < -0.39 is 0 Å². The molecule has 0 spiro atoms. The quantitative estimate of drug-likeness (QED) is 0.600. The van der Waals surface area contributed by atoms with Crippen LogP contribution in [0.2, 0.25) is 5.02 Å². The summed E-state index contributed by atoms with van der Waals surface area (Å²) < 4.78 is 5.11. The zero-order chi connectivity index (χ0) is 17.5. The van der Waals surface area contributed by atoms with Crippen molar-refractivity contribution >= 4 is 40.9 Å². The van der Waals surface area contributed by atoms with E-state index in [1.54, 1.807) is 50.2 Å². The number of thioether (sulfide) groups is 1. The average Bonchev–Trinajstić information content (AvgIpc) is 2.54. The number of ether oxygens (including phenoxy) is 1. The molecule has 0 heterocycles. The summed E-state index contributed by atoms with van der Waals surface area (Å²) in [6, 6.07) is 13.9. The molecule has 0 unspecified atom stereocenters. The molecule has 126 valence electrons. The molecular formula is C18H18ClNO3S. The molecule has 6 heteroatoms. The van der Waals surface area contributed by atoms with E-state index in [1.165, 1.54) is 11.8 Å². The third-order valence-corrected chi connectivity index (χ3v) is 4.19. The van der Waals surface area contributed by atoms with Gasteiger partial charge in [0, 0.05) is 15.6 Å². The summed E-state index contributed by atoms with van der Waals surface area (Å²) in [6.07, 6.45) is -0.165. The van der Waals surface area contributed by atoms with E-state index in [1.807, 2.05) is 12.1 Å². The van der Waals surface area contributed by atoms with Gasteiger partial charge in [0.15, 0.2) is 0 Å². The molecule has 0 aromatic heterocycles. The normalized spacial score (nSPS) is 10.5. The van der Waals surface area contributed by atoms with E-state index in [2.05, 4.69) is 5.32 Å². The minimum absolute atomic E-state index is 0.118. The van der Waals surface area contributed by atoms with Crippen molar-refractivity contribution in [2.45, 2.75) is 24.8 Å². The number of hydrogen-bond acceptors (Lipinski definition) is 4. The predicted octanol–water partition coefficient (Wildman–Crippen LogP) is 4.64. The first-order chi connectivity index (χ1) is 11.4. The monoisotopic (exact) mass is 363 g/mol. The highest BCUT2D eigenvalue weighted by molar-refractivity contribution is 8.00. The van der Waals surface area contributed by atoms with Crippen LogP contribution >= 0.6 is 23.4 Å². The minimum Gasteiger partial charge on any atom is -0.459 e. The van der Waals surface area contributed by atoms with Crippen LogP contribution in [0.15, 0.2) is 53.4 Å². The Morgan fingerprint density at radius 1 is 1.08 bits per heavy atom. The summed E-state index contributed by atoms with van der Waals surface area (Å²) in [5.41, 5.74) is 1.09. The molecular weight excluding hydrogens is 346 g/mol. The van der Waals surface area contributed by atoms with E-state index in [0.29, 0.717) is 22.0 Å². The van der Waals surface area contributed by atoms with Crippen molar-refractivity contribution in [2.24, 2.45) is 0 Å². The van der Waals surface area contributed by atoms with Crippen LogP contribution in [0, 0.1) is 0 Å². The molecule has 0 saturated heterocycles. The number of rotatable bonds is 6. The molecule has 0 saturated carbocycles. The van der Waals surface area contributed by atoms with Gasteiger partial charge in [-0.25, -0.2) is 4.79 Å². The number of carbonyl (C=O) groups is 2. The lowest BCUT2D eigenvalue weighted by Gasteiger charge is -2.09. The Morgan fingerprint density at radius 3 is 2.29 bits per heavy atom. The Kier molecular flexibility index (Phi) is 6.70. The van der Waals surface area contributed by atoms with Crippen molar-refractivity contribution < 1.29 is 14.3 Å². The summed E-state index contributed by atoms with van der Waals surface area (Å²) in [4.78, 5) is 24.7. The first-order valence-corrected chi connectivity index (χ1v) is 8.79. The third-order valence-electron chi connectivity index (χ3n) is 2.93. The molecule has 2 aromatic rings. The van der Waals surface area contributed by atoms with Gasteiger partial charge in [0.2, 0.25) is 5.91 Å². The van der Waals surface area contributed by atoms with Gasteiger partial charge in [0.25, 0.3) is 0 Å². The molecule has 1 N–H and O–H groups in total. The van der Waals surface area contributed by atoms with Crippen LogP contribution in [-0.4, -0.2) is 23.7 Å². The van der Waals surface area contributed by atoms with Gasteiger partial charge < -0.3 is 10.1 Å². The molecule has 2 rings (SSSR count). The van der Waals surface area contributed by atoms with E-state index in [0.717, 1.165) is 4.90 Å². The number of nitrogens with one attached hydrogen (secondary N) is 1. The van der Waals surface area contributed by atoms with Gasteiger partial charge in [0.1, 0.15) is 0 Å². The van der Waals surface area contributed by atoms with E-state index in [4.69, 9.17) is 16.3 Å². The first-order valence-electron chi connectivity index (χ1n) is 7.43. The maximum atomic E-state index is 12.0. The third kappa shape index (κ3) is 5.91. The number of carbonyl (C=O) groups excluding carboxylic acids is 2. The average molecular weight is 364 g/mol. The summed E-state index contributed by atoms with van der Waals surface area (Å²) in [6.45, 7) is 3.59. The number of anilines is 1. The summed E-state index contributed by atoms with van der Waals surface area (Å²) in [5, 5.41) is 3.46. The second-order valence-electron chi connectivity index (χ2n) is 5.32. The van der Waals surface area contributed by atoms with Crippen LogP contribution in [0.4, 0.5) is 5.69 Å². The Balaban J connectivity index is 1.85. The maximum absolute atomic E-state index is 12.0. The summed E-state index contributed by atoms with van der Waals surface area (Å²) in [5.74, 6) is -0.202. The summed E-state index contributed by atoms with van der Waals surface area (Å²) >= 11 is 7.25. The fourth-order valence-electron chi connectivity index (χ4n) is 1.85. The zero-order valence-corrected chi connectivity index (χ0v) is 15.0. The van der Waals surface area contributed by atoms with Crippen molar-refractivity contribution in [2.75, 3.05) is 11.1 Å². The Hall–Kier alpha value is -1.98. The molecule has 4 nitrogen and oxygen atoms in total. The Morgan fingerprint density at radius 2 is 1.71 bits per heavy atom.